The van der Waals surface area contributed by atoms with Crippen LogP contribution in [-0.2, 0) is 14.8 Å². The van der Waals surface area contributed by atoms with Gasteiger partial charge in [-0.15, -0.1) is 0 Å². The number of benzene rings is 2. The Bertz CT molecular complexity index is 1100. The van der Waals surface area contributed by atoms with E-state index in [0.29, 0.717) is 43.5 Å². The molecule has 34 heavy (non-hydrogen) atoms. The topological polar surface area (TPSA) is 105 Å². The van der Waals surface area contributed by atoms with Gasteiger partial charge in [-0.3, -0.25) is 9.59 Å². The molecular weight excluding hydrogens is 458 g/mol. The molecule has 0 spiro atoms. The highest BCUT2D eigenvalue weighted by atomic mass is 32.2. The molecule has 2 rings (SSSR count). The predicted molar refractivity (Wildman–Crippen MR) is 131 cm³/mol. The Hall–Kier alpha value is -3.11. The molecule has 0 aromatic heterocycles. The number of sulfonamides is 1. The van der Waals surface area contributed by atoms with Gasteiger partial charge in [0.15, 0.2) is 11.5 Å². The second-order valence-electron chi connectivity index (χ2n) is 7.35. The second kappa shape index (κ2) is 12.4. The van der Waals surface area contributed by atoms with Gasteiger partial charge in [0, 0.05) is 37.5 Å². The lowest BCUT2D eigenvalue weighted by molar-refractivity contribution is -0.116. The largest absolute Gasteiger partial charge is 0.490 e. The maximum atomic E-state index is 12.9. The highest BCUT2D eigenvalue weighted by molar-refractivity contribution is 7.89. The maximum Gasteiger partial charge on any atom is 0.254 e. The fourth-order valence-corrected chi connectivity index (χ4v) is 4.84. The van der Waals surface area contributed by atoms with E-state index in [1.165, 1.54) is 40.5 Å². The van der Waals surface area contributed by atoms with Crippen molar-refractivity contribution in [3.05, 3.63) is 48.0 Å². The monoisotopic (exact) mass is 491 g/mol. The smallest absolute Gasteiger partial charge is 0.254 e. The highest BCUT2D eigenvalue weighted by Crippen LogP contribution is 2.30. The van der Waals surface area contributed by atoms with Crippen molar-refractivity contribution in [1.82, 2.24) is 9.21 Å². The number of nitrogens with zero attached hydrogens (tertiary/aromatic N) is 2. The summed E-state index contributed by atoms with van der Waals surface area (Å²) in [6.07, 6.45) is 0. The normalized spacial score (nSPS) is 11.2. The van der Waals surface area contributed by atoms with Crippen molar-refractivity contribution in [2.24, 2.45) is 0 Å². The van der Waals surface area contributed by atoms with Crippen LogP contribution < -0.4 is 14.8 Å². The maximum absolute atomic E-state index is 12.9. The fraction of sp³-hybridized carbons (Fsp3) is 0.417. The minimum Gasteiger partial charge on any atom is -0.490 e. The van der Waals surface area contributed by atoms with Crippen molar-refractivity contribution in [3.63, 3.8) is 0 Å². The molecule has 0 unspecified atom stereocenters. The van der Waals surface area contributed by atoms with Crippen LogP contribution in [0.15, 0.2) is 47.4 Å². The summed E-state index contributed by atoms with van der Waals surface area (Å²) >= 11 is 0. The van der Waals surface area contributed by atoms with Crippen LogP contribution in [0, 0.1) is 0 Å². The van der Waals surface area contributed by atoms with Gasteiger partial charge >= 0.3 is 0 Å². The van der Waals surface area contributed by atoms with E-state index < -0.39 is 21.8 Å². The first kappa shape index (κ1) is 27.1. The number of nitrogens with one attached hydrogen (secondary N) is 1. The number of ether oxygens (including phenoxy) is 2. The summed E-state index contributed by atoms with van der Waals surface area (Å²) in [5, 5.41) is 2.74. The number of hydrogen-bond acceptors (Lipinski definition) is 6. The summed E-state index contributed by atoms with van der Waals surface area (Å²) in [6, 6.07) is 10.9. The zero-order valence-corrected chi connectivity index (χ0v) is 21.1. The third-order valence-corrected chi connectivity index (χ3v) is 7.02. The molecule has 186 valence electrons. The van der Waals surface area contributed by atoms with E-state index in [4.69, 9.17) is 9.47 Å². The minimum absolute atomic E-state index is 0.0396. The molecule has 0 bridgehead atoms. The molecule has 0 aliphatic heterocycles. The van der Waals surface area contributed by atoms with Crippen molar-refractivity contribution < 1.29 is 27.5 Å². The van der Waals surface area contributed by atoms with Crippen LogP contribution in [0.25, 0.3) is 0 Å². The average Bonchev–Trinajstić information content (AvgIpc) is 2.81. The Balaban J connectivity index is 2.11. The minimum atomic E-state index is -3.70. The zero-order valence-electron chi connectivity index (χ0n) is 20.3. The molecular formula is C24H33N3O6S. The van der Waals surface area contributed by atoms with E-state index >= 15 is 0 Å². The van der Waals surface area contributed by atoms with Crippen LogP contribution in [0.2, 0.25) is 0 Å². The number of anilines is 1. The number of rotatable bonds is 12. The molecule has 0 heterocycles. The third-order valence-electron chi connectivity index (χ3n) is 4.98. The van der Waals surface area contributed by atoms with Gasteiger partial charge in [-0.1, -0.05) is 19.9 Å². The van der Waals surface area contributed by atoms with Crippen LogP contribution in [0.1, 0.15) is 38.1 Å². The molecule has 2 aromatic rings. The molecule has 1 N–H and O–H groups in total. The van der Waals surface area contributed by atoms with E-state index in [9.17, 15) is 18.0 Å². The van der Waals surface area contributed by atoms with E-state index in [-0.39, 0.29) is 17.0 Å². The summed E-state index contributed by atoms with van der Waals surface area (Å²) in [4.78, 5) is 26.7. The summed E-state index contributed by atoms with van der Waals surface area (Å²) in [6.45, 7) is 8.59. The number of carbonyl (C=O) groups is 2. The fourth-order valence-electron chi connectivity index (χ4n) is 3.34. The van der Waals surface area contributed by atoms with E-state index in [1.54, 1.807) is 32.0 Å². The van der Waals surface area contributed by atoms with Crippen molar-refractivity contribution in [1.29, 1.82) is 0 Å². The Morgan fingerprint density at radius 3 is 2.18 bits per heavy atom. The number of hydrogen-bond donors (Lipinski definition) is 1. The lowest BCUT2D eigenvalue weighted by Crippen LogP contribution is -2.35. The lowest BCUT2D eigenvalue weighted by Gasteiger charge is -2.20. The Kier molecular flexibility index (Phi) is 9.88. The molecule has 2 amide bonds. The summed E-state index contributed by atoms with van der Waals surface area (Å²) < 4.78 is 38.0. The molecule has 0 radical (unpaired) electrons. The Labute approximate surface area is 201 Å². The van der Waals surface area contributed by atoms with Crippen molar-refractivity contribution >= 4 is 27.5 Å². The Morgan fingerprint density at radius 1 is 0.912 bits per heavy atom. The molecule has 0 atom stereocenters. The molecule has 9 nitrogen and oxygen atoms in total. The van der Waals surface area contributed by atoms with E-state index in [1.807, 2.05) is 13.8 Å². The first-order valence-corrected chi connectivity index (χ1v) is 12.7. The van der Waals surface area contributed by atoms with Gasteiger partial charge in [-0.2, -0.15) is 4.31 Å². The molecule has 0 saturated heterocycles. The van der Waals surface area contributed by atoms with Gasteiger partial charge in [0.2, 0.25) is 15.9 Å². The first-order valence-electron chi connectivity index (χ1n) is 11.2. The van der Waals surface area contributed by atoms with E-state index in [2.05, 4.69) is 5.32 Å². The number of carbonyl (C=O) groups excluding carboxylic acids is 2. The van der Waals surface area contributed by atoms with Crippen LogP contribution in [0.5, 0.6) is 11.5 Å². The third kappa shape index (κ3) is 6.71. The van der Waals surface area contributed by atoms with Gasteiger partial charge in [-0.25, -0.2) is 8.42 Å². The van der Waals surface area contributed by atoms with Crippen molar-refractivity contribution in [3.8, 4) is 11.5 Å². The van der Waals surface area contributed by atoms with Gasteiger partial charge in [0.1, 0.15) is 0 Å². The quantitative estimate of drug-likeness (QED) is 0.489. The van der Waals surface area contributed by atoms with Crippen LogP contribution in [0.4, 0.5) is 5.69 Å². The summed E-state index contributed by atoms with van der Waals surface area (Å²) in [5.74, 6) is 0.217. The number of likely N-dealkylation sites (N-methyl/N-ethyl adjacent to an activating group) is 1. The standard InChI is InChI=1S/C24H33N3O6S/c1-6-27(7-2)34(30,31)20-12-10-11-18(15-20)24(29)26(5)17-23(28)25-19-13-14-21(32-8-3)22(16-19)33-9-4/h10-16H,6-9,17H2,1-5H3,(H,25,28). The molecule has 0 fully saturated rings. The molecule has 0 aliphatic carbocycles. The van der Waals surface area contributed by atoms with Gasteiger partial charge < -0.3 is 19.7 Å². The molecule has 0 saturated carbocycles. The molecule has 2 aromatic carbocycles. The average molecular weight is 492 g/mol. The second-order valence-corrected chi connectivity index (χ2v) is 9.29. The van der Waals surface area contributed by atoms with Crippen molar-refractivity contribution in [2.45, 2.75) is 32.6 Å². The zero-order chi connectivity index (χ0) is 25.3. The highest BCUT2D eigenvalue weighted by Gasteiger charge is 2.23. The van der Waals surface area contributed by atoms with Crippen molar-refractivity contribution in [2.75, 3.05) is 45.2 Å². The van der Waals surface area contributed by atoms with Gasteiger partial charge in [0.25, 0.3) is 5.91 Å². The van der Waals surface area contributed by atoms with Gasteiger partial charge in [0.05, 0.1) is 24.7 Å². The van der Waals surface area contributed by atoms with Gasteiger partial charge in [-0.05, 0) is 44.2 Å². The number of amides is 2. The summed E-state index contributed by atoms with van der Waals surface area (Å²) in [5.41, 5.74) is 0.688. The van der Waals surface area contributed by atoms with Crippen LogP contribution in [0.3, 0.4) is 0 Å². The Morgan fingerprint density at radius 2 is 1.56 bits per heavy atom. The van der Waals surface area contributed by atoms with Crippen LogP contribution >= 0.6 is 0 Å². The molecule has 0 aliphatic rings. The SMILES string of the molecule is CCOc1ccc(NC(=O)CN(C)C(=O)c2cccc(S(=O)(=O)N(CC)CC)c2)cc1OCC. The summed E-state index contributed by atoms with van der Waals surface area (Å²) in [7, 11) is -2.22. The lowest BCUT2D eigenvalue weighted by atomic mass is 10.2. The van der Waals surface area contributed by atoms with E-state index in [0.717, 1.165) is 0 Å². The molecule has 10 heteroatoms. The predicted octanol–water partition coefficient (Wildman–Crippen LogP) is 3.23. The van der Waals surface area contributed by atoms with Crippen LogP contribution in [-0.4, -0.2) is 69.3 Å². The first-order chi connectivity index (χ1) is 16.2.